The fourth-order valence-corrected chi connectivity index (χ4v) is 2.85. The van der Waals surface area contributed by atoms with Gasteiger partial charge in [-0.15, -0.1) is 10.8 Å². The van der Waals surface area contributed by atoms with Gasteiger partial charge in [-0.3, -0.25) is 9.11 Å². The highest BCUT2D eigenvalue weighted by Gasteiger charge is 2.26. The van der Waals surface area contributed by atoms with Gasteiger partial charge in [0.05, 0.1) is 13.2 Å². The van der Waals surface area contributed by atoms with Gasteiger partial charge in [-0.2, -0.15) is 0 Å². The Morgan fingerprint density at radius 3 is 2.34 bits per heavy atom. The number of aliphatic hydroxyl groups is 1. The summed E-state index contributed by atoms with van der Waals surface area (Å²) in [6, 6.07) is 4.68. The van der Waals surface area contributed by atoms with Gasteiger partial charge in [-0.25, -0.2) is 5.14 Å². The monoisotopic (exact) mass is 436 g/mol. The quantitative estimate of drug-likeness (QED) is 0.206. The Morgan fingerprint density at radius 1 is 1.10 bits per heavy atom. The number of nitrogens with one attached hydrogen (secondary N) is 1. The number of nitrogens with two attached hydrogens (primary N) is 1. The number of hydrogen-bond donors (Lipinski definition) is 5. The Bertz CT molecular complexity index is 596. The average molecular weight is 437 g/mol. The third kappa shape index (κ3) is 9.49. The van der Waals surface area contributed by atoms with Crippen LogP contribution in [0.3, 0.4) is 0 Å². The highest BCUT2D eigenvalue weighted by Crippen LogP contribution is 2.47. The normalized spacial score (nSPS) is 13.9. The van der Waals surface area contributed by atoms with E-state index in [4.69, 9.17) is 24.1 Å². The standard InChI is InChI=1S/C19H36N2O7S/c1-5-19(3,4)18(22)21-15-8-9-16(17(12-15)29(20,23)24)28-14-27-11-7-10-26-13-25-6-2/h8-9,12,18,21-24H,5-7,10-11,13-14,20H2,1-4H3. The predicted octanol–water partition coefficient (Wildman–Crippen LogP) is 3.59. The van der Waals surface area contributed by atoms with Crippen LogP contribution in [-0.4, -0.2) is 53.8 Å². The van der Waals surface area contributed by atoms with Crippen molar-refractivity contribution in [3.63, 3.8) is 0 Å². The van der Waals surface area contributed by atoms with Gasteiger partial charge >= 0.3 is 0 Å². The predicted molar refractivity (Wildman–Crippen MR) is 114 cm³/mol. The van der Waals surface area contributed by atoms with E-state index in [-0.39, 0.29) is 29.6 Å². The molecule has 0 aromatic heterocycles. The molecule has 0 bridgehead atoms. The molecular formula is C19H36N2O7S. The van der Waals surface area contributed by atoms with E-state index < -0.39 is 17.0 Å². The van der Waals surface area contributed by atoms with Gasteiger partial charge in [0, 0.05) is 17.7 Å². The van der Waals surface area contributed by atoms with Crippen molar-refractivity contribution in [2.24, 2.45) is 10.6 Å². The Balaban J connectivity index is 2.60. The first-order valence-corrected chi connectivity index (χ1v) is 11.2. The minimum absolute atomic E-state index is 0.0349. The van der Waals surface area contributed by atoms with E-state index in [9.17, 15) is 14.2 Å². The maximum absolute atomic E-state index is 10.4. The molecule has 0 amide bonds. The summed E-state index contributed by atoms with van der Waals surface area (Å²) >= 11 is 0. The highest BCUT2D eigenvalue weighted by molar-refractivity contribution is 8.22. The lowest BCUT2D eigenvalue weighted by Crippen LogP contribution is -2.35. The van der Waals surface area contributed by atoms with Crippen LogP contribution in [0.15, 0.2) is 23.1 Å². The molecule has 0 aliphatic rings. The van der Waals surface area contributed by atoms with E-state index in [1.807, 2.05) is 27.7 Å². The minimum Gasteiger partial charge on any atom is -0.466 e. The van der Waals surface area contributed by atoms with Gasteiger partial charge in [0.2, 0.25) is 0 Å². The molecule has 1 atom stereocenters. The molecule has 29 heavy (non-hydrogen) atoms. The zero-order valence-corrected chi connectivity index (χ0v) is 18.5. The van der Waals surface area contributed by atoms with Crippen LogP contribution in [0.1, 0.15) is 40.5 Å². The van der Waals surface area contributed by atoms with Gasteiger partial charge in [-0.05, 0) is 38.0 Å². The first-order chi connectivity index (χ1) is 13.6. The molecule has 9 nitrogen and oxygen atoms in total. The number of benzene rings is 1. The van der Waals surface area contributed by atoms with Crippen molar-refractivity contribution in [1.29, 1.82) is 0 Å². The summed E-state index contributed by atoms with van der Waals surface area (Å²) in [7, 11) is -3.53. The number of hydrogen-bond acceptors (Lipinski definition) is 9. The summed E-state index contributed by atoms with van der Waals surface area (Å²) in [5.41, 5.74) is 0.139. The number of aliphatic hydroxyl groups excluding tert-OH is 1. The smallest absolute Gasteiger partial charge is 0.189 e. The van der Waals surface area contributed by atoms with Crippen LogP contribution < -0.4 is 15.2 Å². The summed E-state index contributed by atoms with van der Waals surface area (Å²) in [6.45, 7) is 9.44. The summed E-state index contributed by atoms with van der Waals surface area (Å²) < 4.78 is 41.1. The highest BCUT2D eigenvalue weighted by atomic mass is 32.3. The zero-order valence-electron chi connectivity index (χ0n) is 17.7. The molecule has 1 unspecified atom stereocenters. The molecular weight excluding hydrogens is 400 g/mol. The second-order valence-electron chi connectivity index (χ2n) is 7.19. The lowest BCUT2D eigenvalue weighted by Gasteiger charge is -2.32. The second kappa shape index (κ2) is 12.6. The van der Waals surface area contributed by atoms with Crippen LogP contribution in [0.5, 0.6) is 5.75 Å². The molecule has 0 heterocycles. The first-order valence-electron chi connectivity index (χ1n) is 9.62. The maximum atomic E-state index is 10.4. The SMILES string of the molecule is CCOCOCCCOCOc1ccc(NC(O)C(C)(C)CC)cc1S(N)(O)O. The van der Waals surface area contributed by atoms with E-state index in [0.29, 0.717) is 31.9 Å². The molecule has 0 saturated carbocycles. The van der Waals surface area contributed by atoms with Crippen molar-refractivity contribution < 1.29 is 33.2 Å². The molecule has 0 fully saturated rings. The van der Waals surface area contributed by atoms with Crippen LogP contribution in [0, 0.1) is 5.41 Å². The van der Waals surface area contributed by atoms with E-state index in [2.05, 4.69) is 5.32 Å². The molecule has 10 heteroatoms. The summed E-state index contributed by atoms with van der Waals surface area (Å²) in [5.74, 6) is 0.204. The van der Waals surface area contributed by atoms with E-state index >= 15 is 0 Å². The summed E-state index contributed by atoms with van der Waals surface area (Å²) in [6.07, 6.45) is 0.610. The van der Waals surface area contributed by atoms with Crippen molar-refractivity contribution >= 4 is 16.5 Å². The van der Waals surface area contributed by atoms with Crippen LogP contribution in [0.25, 0.3) is 0 Å². The van der Waals surface area contributed by atoms with Gasteiger partial charge in [-0.1, -0.05) is 20.8 Å². The molecule has 0 spiro atoms. The van der Waals surface area contributed by atoms with Gasteiger partial charge in [0.25, 0.3) is 0 Å². The lowest BCUT2D eigenvalue weighted by molar-refractivity contribution is -0.0590. The largest absolute Gasteiger partial charge is 0.466 e. The van der Waals surface area contributed by atoms with Crippen LogP contribution in [-0.2, 0) is 14.2 Å². The molecule has 1 aromatic carbocycles. The van der Waals surface area contributed by atoms with Crippen LogP contribution >= 0.6 is 10.8 Å². The fourth-order valence-electron chi connectivity index (χ4n) is 2.13. The van der Waals surface area contributed by atoms with Crippen molar-refractivity contribution in [2.75, 3.05) is 38.7 Å². The Labute approximate surface area is 175 Å². The van der Waals surface area contributed by atoms with Gasteiger partial charge < -0.3 is 29.4 Å². The first kappa shape index (κ1) is 25.9. The molecule has 170 valence electrons. The molecule has 0 saturated heterocycles. The zero-order chi connectivity index (χ0) is 21.9. The summed E-state index contributed by atoms with van der Waals surface area (Å²) in [4.78, 5) is 0.0349. The van der Waals surface area contributed by atoms with E-state index in [1.165, 1.54) is 6.07 Å². The Kier molecular flexibility index (Phi) is 11.2. The fraction of sp³-hybridized carbons (Fsp3) is 0.684. The molecule has 0 radical (unpaired) electrons. The Hall–Kier alpha value is -1.11. The molecule has 6 N–H and O–H groups in total. The van der Waals surface area contributed by atoms with Crippen molar-refractivity contribution in [2.45, 2.75) is 51.7 Å². The third-order valence-electron chi connectivity index (χ3n) is 4.47. The topological polar surface area (TPSA) is 136 Å². The minimum atomic E-state index is -3.53. The molecule has 0 aliphatic heterocycles. The maximum Gasteiger partial charge on any atom is 0.189 e. The number of ether oxygens (including phenoxy) is 4. The third-order valence-corrected chi connectivity index (χ3v) is 5.43. The van der Waals surface area contributed by atoms with Crippen molar-refractivity contribution in [1.82, 2.24) is 0 Å². The van der Waals surface area contributed by atoms with Crippen molar-refractivity contribution in [3.8, 4) is 5.75 Å². The van der Waals surface area contributed by atoms with Gasteiger partial charge in [0.15, 0.2) is 6.79 Å². The summed E-state index contributed by atoms with van der Waals surface area (Å²) in [5, 5.41) is 18.8. The van der Waals surface area contributed by atoms with E-state index in [0.717, 1.165) is 6.42 Å². The Morgan fingerprint density at radius 2 is 1.76 bits per heavy atom. The molecule has 1 aromatic rings. The van der Waals surface area contributed by atoms with E-state index in [1.54, 1.807) is 12.1 Å². The number of anilines is 1. The van der Waals surface area contributed by atoms with Crippen LogP contribution in [0.2, 0.25) is 0 Å². The van der Waals surface area contributed by atoms with Crippen LogP contribution in [0.4, 0.5) is 5.69 Å². The average Bonchev–Trinajstić information content (AvgIpc) is 2.66. The second-order valence-corrected chi connectivity index (χ2v) is 8.81. The molecule has 0 aliphatic carbocycles. The number of rotatable bonds is 15. The van der Waals surface area contributed by atoms with Crippen molar-refractivity contribution in [3.05, 3.63) is 18.2 Å². The van der Waals surface area contributed by atoms with Gasteiger partial charge in [0.1, 0.15) is 23.7 Å². The molecule has 1 rings (SSSR count). The lowest BCUT2D eigenvalue weighted by atomic mass is 9.88.